The van der Waals surface area contributed by atoms with Crippen molar-refractivity contribution in [3.63, 3.8) is 0 Å². The molecule has 0 saturated heterocycles. The second-order valence-corrected chi connectivity index (χ2v) is 11.5. The zero-order valence-electron chi connectivity index (χ0n) is 20.7. The molecule has 7 heteroatoms. The van der Waals surface area contributed by atoms with Gasteiger partial charge < -0.3 is 19.5 Å². The van der Waals surface area contributed by atoms with Crippen LogP contribution in [0.5, 0.6) is 0 Å². The number of amides is 1. The molecule has 4 saturated carbocycles. The van der Waals surface area contributed by atoms with Crippen molar-refractivity contribution in [2.75, 3.05) is 20.3 Å². The second kappa shape index (κ2) is 9.46. The fourth-order valence-corrected chi connectivity index (χ4v) is 8.52. The van der Waals surface area contributed by atoms with Crippen LogP contribution < -0.4 is 5.32 Å². The average molecular weight is 464 g/mol. The maximum Gasteiger partial charge on any atom is 0.508 e. The molecule has 1 amide bonds. The van der Waals surface area contributed by atoms with E-state index >= 15 is 0 Å². The number of carbonyl (C=O) groups is 3. The van der Waals surface area contributed by atoms with E-state index in [-0.39, 0.29) is 30.6 Å². The zero-order chi connectivity index (χ0) is 23.8. The Bertz CT molecular complexity index is 770. The topological polar surface area (TPSA) is 90.9 Å². The Kier molecular flexibility index (Phi) is 6.97. The zero-order valence-corrected chi connectivity index (χ0v) is 20.7. The third-order valence-corrected chi connectivity index (χ3v) is 10.1. The molecule has 0 spiro atoms. The highest BCUT2D eigenvalue weighted by Crippen LogP contribution is 2.67. The first-order valence-corrected chi connectivity index (χ1v) is 12.8. The summed E-state index contributed by atoms with van der Waals surface area (Å²) in [6.07, 6.45) is 8.70. The van der Waals surface area contributed by atoms with Crippen molar-refractivity contribution in [3.8, 4) is 0 Å². The van der Waals surface area contributed by atoms with Gasteiger partial charge in [0.25, 0.3) is 0 Å². The van der Waals surface area contributed by atoms with Gasteiger partial charge in [-0.25, -0.2) is 9.59 Å². The Morgan fingerprint density at radius 1 is 0.939 bits per heavy atom. The number of nitrogens with one attached hydrogen (secondary N) is 1. The first-order chi connectivity index (χ1) is 15.7. The summed E-state index contributed by atoms with van der Waals surface area (Å²) < 4.78 is 15.2. The number of hydrogen-bond donors (Lipinski definition) is 1. The first-order valence-electron chi connectivity index (χ1n) is 12.8. The van der Waals surface area contributed by atoms with Gasteiger partial charge in [-0.15, -0.1) is 0 Å². The molecule has 7 nitrogen and oxygen atoms in total. The molecule has 0 aliphatic heterocycles. The van der Waals surface area contributed by atoms with Crippen LogP contribution in [0.15, 0.2) is 0 Å². The van der Waals surface area contributed by atoms with E-state index < -0.39 is 12.2 Å². The molecule has 0 aromatic heterocycles. The van der Waals surface area contributed by atoms with E-state index in [4.69, 9.17) is 9.47 Å². The highest BCUT2D eigenvalue weighted by molar-refractivity contribution is 5.79. The molecule has 186 valence electrons. The third kappa shape index (κ3) is 4.49. The molecule has 0 unspecified atom stereocenters. The molecule has 0 aromatic rings. The Balaban J connectivity index is 1.32. The average Bonchev–Trinajstić information content (AvgIpc) is 3.14. The quantitative estimate of drug-likeness (QED) is 0.450. The van der Waals surface area contributed by atoms with E-state index in [0.717, 1.165) is 37.5 Å². The molecule has 0 aromatic carbocycles. The number of ketones is 1. The van der Waals surface area contributed by atoms with Gasteiger partial charge in [0.1, 0.15) is 18.5 Å². The van der Waals surface area contributed by atoms with Crippen LogP contribution in [0, 0.1) is 40.4 Å². The molecule has 4 rings (SSSR count). The van der Waals surface area contributed by atoms with Gasteiger partial charge in [0.05, 0.1) is 13.7 Å². The van der Waals surface area contributed by atoms with Crippen LogP contribution in [0.1, 0.15) is 78.6 Å². The minimum Gasteiger partial charge on any atom is -0.453 e. The molecule has 4 aliphatic rings. The maximum atomic E-state index is 12.3. The lowest BCUT2D eigenvalue weighted by atomic mass is 9.44. The van der Waals surface area contributed by atoms with Crippen molar-refractivity contribution in [1.82, 2.24) is 5.32 Å². The number of hydrogen-bond acceptors (Lipinski definition) is 6. The predicted molar refractivity (Wildman–Crippen MR) is 123 cm³/mol. The van der Waals surface area contributed by atoms with Gasteiger partial charge in [-0.1, -0.05) is 13.8 Å². The minimum absolute atomic E-state index is 0.0625. The van der Waals surface area contributed by atoms with Crippen molar-refractivity contribution in [2.45, 2.75) is 84.7 Å². The monoisotopic (exact) mass is 463 g/mol. The number of rotatable bonds is 5. The van der Waals surface area contributed by atoms with E-state index in [1.807, 2.05) is 0 Å². The molecule has 33 heavy (non-hydrogen) atoms. The van der Waals surface area contributed by atoms with Crippen LogP contribution in [0.25, 0.3) is 0 Å². The smallest absolute Gasteiger partial charge is 0.453 e. The van der Waals surface area contributed by atoms with Crippen LogP contribution >= 0.6 is 0 Å². The van der Waals surface area contributed by atoms with Gasteiger partial charge >= 0.3 is 12.2 Å². The molecule has 4 aliphatic carbocycles. The van der Waals surface area contributed by atoms with E-state index in [1.165, 1.54) is 39.2 Å². The van der Waals surface area contributed by atoms with Gasteiger partial charge in [0, 0.05) is 5.92 Å². The normalized spacial score (nSPS) is 41.7. The van der Waals surface area contributed by atoms with Crippen molar-refractivity contribution in [2.24, 2.45) is 40.4 Å². The first kappa shape index (κ1) is 24.3. The van der Waals surface area contributed by atoms with Crippen LogP contribution in [0.3, 0.4) is 0 Å². The van der Waals surface area contributed by atoms with Crippen molar-refractivity contribution in [1.29, 1.82) is 0 Å². The number of ether oxygens (including phenoxy) is 3. The molecular weight excluding hydrogens is 422 g/mol. The van der Waals surface area contributed by atoms with Crippen LogP contribution in [-0.4, -0.2) is 44.4 Å². The summed E-state index contributed by atoms with van der Waals surface area (Å²) >= 11 is 0. The summed E-state index contributed by atoms with van der Waals surface area (Å²) in [4.78, 5) is 35.5. The molecular formula is C26H41NO6. The number of fused-ring (bicyclic) bond motifs is 5. The number of methoxy groups -OCH3 is 1. The SMILES string of the molecule is COC(=O)NCCOC(=O)O[C@@H]1CC[C@@]2(C)[C@@H](CC[C@@H]3[C@@H]2CC[C@]2(C)[C@@H](C(C)=O)CC[C@@H]32)C1. The molecule has 8 atom stereocenters. The fraction of sp³-hybridized carbons (Fsp3) is 0.885. The molecule has 0 bridgehead atoms. The molecule has 1 N–H and O–H groups in total. The van der Waals surface area contributed by atoms with Crippen molar-refractivity contribution < 1.29 is 28.6 Å². The van der Waals surface area contributed by atoms with Crippen molar-refractivity contribution in [3.05, 3.63) is 0 Å². The van der Waals surface area contributed by atoms with Gasteiger partial charge in [-0.3, -0.25) is 4.79 Å². The highest BCUT2D eigenvalue weighted by Gasteiger charge is 2.60. The number of carbonyl (C=O) groups excluding carboxylic acids is 3. The van der Waals surface area contributed by atoms with Crippen molar-refractivity contribution >= 4 is 18.0 Å². The molecule has 4 fully saturated rings. The summed E-state index contributed by atoms with van der Waals surface area (Å²) in [5.74, 6) is 3.36. The second-order valence-electron chi connectivity index (χ2n) is 11.5. The summed E-state index contributed by atoms with van der Waals surface area (Å²) in [5, 5.41) is 2.47. The van der Waals surface area contributed by atoms with E-state index in [0.29, 0.717) is 23.0 Å². The minimum atomic E-state index is -0.654. The summed E-state index contributed by atoms with van der Waals surface area (Å²) in [7, 11) is 1.29. The largest absolute Gasteiger partial charge is 0.508 e. The third-order valence-electron chi connectivity index (χ3n) is 10.1. The number of alkyl carbamates (subject to hydrolysis) is 1. The number of Topliss-reactive ketones (excluding diaryl/α,β-unsaturated/α-hetero) is 1. The Labute approximate surface area is 197 Å². The summed E-state index contributed by atoms with van der Waals surface area (Å²) in [5.41, 5.74) is 0.496. The van der Waals surface area contributed by atoms with E-state index in [1.54, 1.807) is 6.92 Å². The highest BCUT2D eigenvalue weighted by atomic mass is 16.7. The van der Waals surface area contributed by atoms with Gasteiger partial charge in [0.15, 0.2) is 0 Å². The Hall–Kier alpha value is -1.79. The molecule has 0 radical (unpaired) electrons. The Morgan fingerprint density at radius 3 is 2.39 bits per heavy atom. The lowest BCUT2D eigenvalue weighted by Gasteiger charge is -2.61. The lowest BCUT2D eigenvalue weighted by Crippen LogP contribution is -2.54. The standard InChI is InChI=1S/C26H41NO6/c1-16(28)20-7-8-21-19-6-5-17-15-18(33-24(30)32-14-13-27-23(29)31-4)9-11-25(17,2)22(19)10-12-26(20,21)3/h17-22H,5-15H2,1-4H3,(H,27,29)/t17-,18+,19-,20+,21-,22-,25-,26+/m0/s1. The van der Waals surface area contributed by atoms with Crippen LogP contribution in [-0.2, 0) is 19.0 Å². The van der Waals surface area contributed by atoms with E-state index in [2.05, 4.69) is 23.9 Å². The molecule has 0 heterocycles. The predicted octanol–water partition coefficient (Wildman–Crippen LogP) is 5.11. The van der Waals surface area contributed by atoms with Gasteiger partial charge in [-0.05, 0) is 99.2 Å². The maximum absolute atomic E-state index is 12.3. The van der Waals surface area contributed by atoms with Gasteiger partial charge in [-0.2, -0.15) is 0 Å². The van der Waals surface area contributed by atoms with Crippen LogP contribution in [0.2, 0.25) is 0 Å². The van der Waals surface area contributed by atoms with Crippen LogP contribution in [0.4, 0.5) is 9.59 Å². The summed E-state index contributed by atoms with van der Waals surface area (Å²) in [6.45, 7) is 6.94. The fourth-order valence-electron chi connectivity index (χ4n) is 8.52. The summed E-state index contributed by atoms with van der Waals surface area (Å²) in [6, 6.07) is 0. The van der Waals surface area contributed by atoms with Gasteiger partial charge in [0.2, 0.25) is 0 Å². The Morgan fingerprint density at radius 2 is 1.67 bits per heavy atom. The lowest BCUT2D eigenvalue weighted by molar-refractivity contribution is -0.139. The van der Waals surface area contributed by atoms with E-state index in [9.17, 15) is 14.4 Å².